The van der Waals surface area contributed by atoms with Gasteiger partial charge in [0.2, 0.25) is 0 Å². The van der Waals surface area contributed by atoms with E-state index in [2.05, 4.69) is 55.1 Å². The molecule has 3 aliphatic carbocycles. The van der Waals surface area contributed by atoms with E-state index in [0.717, 1.165) is 6.42 Å². The van der Waals surface area contributed by atoms with Crippen LogP contribution in [0.4, 0.5) is 0 Å². The molecule has 23 heavy (non-hydrogen) atoms. The zero-order chi connectivity index (χ0) is 16.0. The van der Waals surface area contributed by atoms with Crippen LogP contribution in [-0.2, 0) is 9.53 Å². The lowest BCUT2D eigenvalue weighted by Gasteiger charge is -2.45. The van der Waals surface area contributed by atoms with Gasteiger partial charge in [0.25, 0.3) is 0 Å². The Bertz CT molecular complexity index is 742. The average molecular weight is 304 g/mol. The Morgan fingerprint density at radius 2 is 1.57 bits per heavy atom. The standard InChI is InChI=1S/C21H20O2/c1-13(2)21(22)23-12-14-11-19-15-7-3-5-9-17(15)20(14)18-10-6-4-8-16(18)19/h3-10,14,19-20H,1,11-12H2,2H3. The van der Waals surface area contributed by atoms with Crippen molar-refractivity contribution in [3.8, 4) is 0 Å². The third kappa shape index (κ3) is 2.21. The molecule has 0 N–H and O–H groups in total. The summed E-state index contributed by atoms with van der Waals surface area (Å²) in [5.74, 6) is 0.798. The highest BCUT2D eigenvalue weighted by molar-refractivity contribution is 5.86. The largest absolute Gasteiger partial charge is 0.462 e. The number of rotatable bonds is 3. The Kier molecular flexibility index (Phi) is 3.33. The minimum atomic E-state index is -0.284. The van der Waals surface area contributed by atoms with E-state index in [9.17, 15) is 4.79 Å². The van der Waals surface area contributed by atoms with Crippen LogP contribution in [0, 0.1) is 5.92 Å². The maximum atomic E-state index is 11.8. The first-order chi connectivity index (χ1) is 11.2. The first kappa shape index (κ1) is 14.3. The Balaban J connectivity index is 1.71. The summed E-state index contributed by atoms with van der Waals surface area (Å²) in [4.78, 5) is 11.8. The summed E-state index contributed by atoms with van der Waals surface area (Å²) >= 11 is 0. The van der Waals surface area contributed by atoms with Gasteiger partial charge in [0.1, 0.15) is 0 Å². The molecular weight excluding hydrogens is 284 g/mol. The van der Waals surface area contributed by atoms with Crippen LogP contribution >= 0.6 is 0 Å². The first-order valence-electron chi connectivity index (χ1n) is 8.17. The molecule has 1 unspecified atom stereocenters. The molecule has 0 spiro atoms. The second kappa shape index (κ2) is 5.38. The van der Waals surface area contributed by atoms with Crippen molar-refractivity contribution in [3.63, 3.8) is 0 Å². The highest BCUT2D eigenvalue weighted by atomic mass is 16.5. The summed E-state index contributed by atoms with van der Waals surface area (Å²) in [7, 11) is 0. The average Bonchev–Trinajstić information content (AvgIpc) is 2.59. The van der Waals surface area contributed by atoms with Crippen LogP contribution in [0.3, 0.4) is 0 Å². The zero-order valence-corrected chi connectivity index (χ0v) is 13.3. The first-order valence-corrected chi connectivity index (χ1v) is 8.17. The SMILES string of the molecule is C=C(C)C(=O)OCC1CC2c3ccccc3C1c1ccccc12. The van der Waals surface area contributed by atoms with Crippen LogP contribution in [0.25, 0.3) is 0 Å². The van der Waals surface area contributed by atoms with Crippen LogP contribution in [-0.4, -0.2) is 12.6 Å². The van der Waals surface area contributed by atoms with Gasteiger partial charge >= 0.3 is 5.97 Å². The summed E-state index contributed by atoms with van der Waals surface area (Å²) in [6.45, 7) is 5.83. The molecule has 2 aromatic rings. The summed E-state index contributed by atoms with van der Waals surface area (Å²) in [5.41, 5.74) is 6.15. The van der Waals surface area contributed by atoms with Gasteiger partial charge in [0.05, 0.1) is 6.61 Å². The lowest BCUT2D eigenvalue weighted by molar-refractivity contribution is -0.140. The topological polar surface area (TPSA) is 26.3 Å². The van der Waals surface area contributed by atoms with Gasteiger partial charge in [0, 0.05) is 23.3 Å². The van der Waals surface area contributed by atoms with Gasteiger partial charge in [-0.05, 0) is 35.6 Å². The van der Waals surface area contributed by atoms with E-state index < -0.39 is 0 Å². The molecule has 5 rings (SSSR count). The number of carbonyl (C=O) groups is 1. The van der Waals surface area contributed by atoms with Crippen LogP contribution in [0.2, 0.25) is 0 Å². The van der Waals surface area contributed by atoms with Gasteiger partial charge < -0.3 is 4.74 Å². The number of ether oxygens (including phenoxy) is 1. The van der Waals surface area contributed by atoms with E-state index in [0.29, 0.717) is 29.9 Å². The van der Waals surface area contributed by atoms with Crippen LogP contribution < -0.4 is 0 Å². The Hall–Kier alpha value is -2.35. The van der Waals surface area contributed by atoms with E-state index in [1.165, 1.54) is 22.3 Å². The Morgan fingerprint density at radius 3 is 2.09 bits per heavy atom. The number of carbonyl (C=O) groups excluding carboxylic acids is 1. The van der Waals surface area contributed by atoms with Crippen molar-refractivity contribution in [2.75, 3.05) is 6.61 Å². The molecule has 0 aliphatic heterocycles. The smallest absolute Gasteiger partial charge is 0.333 e. The molecule has 0 heterocycles. The molecule has 0 radical (unpaired) electrons. The molecule has 2 heteroatoms. The predicted molar refractivity (Wildman–Crippen MR) is 90.5 cm³/mol. The molecule has 1 atom stereocenters. The van der Waals surface area contributed by atoms with E-state index in [1.807, 2.05) is 0 Å². The van der Waals surface area contributed by atoms with Crippen LogP contribution in [0.1, 0.15) is 47.4 Å². The summed E-state index contributed by atoms with van der Waals surface area (Å²) in [6, 6.07) is 17.4. The fourth-order valence-electron chi connectivity index (χ4n) is 4.23. The second-order valence-corrected chi connectivity index (χ2v) is 6.66. The molecule has 3 aliphatic rings. The minimum Gasteiger partial charge on any atom is -0.462 e. The normalized spacial score (nSPS) is 23.8. The van der Waals surface area contributed by atoms with E-state index in [1.54, 1.807) is 6.92 Å². The summed E-state index contributed by atoms with van der Waals surface area (Å²) < 4.78 is 5.49. The predicted octanol–water partition coefficient (Wildman–Crippen LogP) is 4.40. The van der Waals surface area contributed by atoms with E-state index in [4.69, 9.17) is 4.74 Å². The van der Waals surface area contributed by atoms with Crippen molar-refractivity contribution in [1.82, 2.24) is 0 Å². The lowest BCUT2D eigenvalue weighted by Crippen LogP contribution is -2.35. The quantitative estimate of drug-likeness (QED) is 0.620. The molecule has 2 bridgehead atoms. The van der Waals surface area contributed by atoms with Gasteiger partial charge in [0.15, 0.2) is 0 Å². The fraction of sp³-hybridized carbons (Fsp3) is 0.286. The van der Waals surface area contributed by atoms with Crippen LogP contribution in [0.15, 0.2) is 60.7 Å². The Morgan fingerprint density at radius 1 is 1.04 bits per heavy atom. The number of esters is 1. The molecule has 2 aromatic carbocycles. The molecule has 0 saturated heterocycles. The highest BCUT2D eigenvalue weighted by Gasteiger charge is 2.43. The third-order valence-corrected chi connectivity index (χ3v) is 5.20. The van der Waals surface area contributed by atoms with Crippen molar-refractivity contribution in [2.45, 2.75) is 25.2 Å². The molecule has 116 valence electrons. The zero-order valence-electron chi connectivity index (χ0n) is 13.3. The molecule has 0 amide bonds. The molecular formula is C21H20O2. The van der Waals surface area contributed by atoms with Crippen molar-refractivity contribution in [3.05, 3.63) is 82.9 Å². The van der Waals surface area contributed by atoms with Gasteiger partial charge in [-0.1, -0.05) is 55.1 Å². The number of hydrogen-bond acceptors (Lipinski definition) is 2. The number of benzene rings is 2. The van der Waals surface area contributed by atoms with Gasteiger partial charge in [-0.2, -0.15) is 0 Å². The third-order valence-electron chi connectivity index (χ3n) is 5.20. The van der Waals surface area contributed by atoms with Gasteiger partial charge in [-0.25, -0.2) is 4.79 Å². The monoisotopic (exact) mass is 304 g/mol. The lowest BCUT2D eigenvalue weighted by atomic mass is 9.59. The maximum Gasteiger partial charge on any atom is 0.333 e. The molecule has 2 nitrogen and oxygen atoms in total. The summed E-state index contributed by atoms with van der Waals surface area (Å²) in [6.07, 6.45) is 1.04. The van der Waals surface area contributed by atoms with E-state index in [-0.39, 0.29) is 5.97 Å². The summed E-state index contributed by atoms with van der Waals surface area (Å²) in [5, 5.41) is 0. The minimum absolute atomic E-state index is 0.284. The molecule has 0 saturated carbocycles. The van der Waals surface area contributed by atoms with Gasteiger partial charge in [-0.15, -0.1) is 0 Å². The van der Waals surface area contributed by atoms with E-state index >= 15 is 0 Å². The van der Waals surface area contributed by atoms with Crippen molar-refractivity contribution >= 4 is 5.97 Å². The number of fused-ring (bicyclic) bond motifs is 1. The molecule has 0 fully saturated rings. The van der Waals surface area contributed by atoms with Crippen molar-refractivity contribution < 1.29 is 9.53 Å². The highest BCUT2D eigenvalue weighted by Crippen LogP contribution is 2.55. The molecule has 0 aromatic heterocycles. The van der Waals surface area contributed by atoms with Crippen molar-refractivity contribution in [2.24, 2.45) is 5.92 Å². The number of hydrogen-bond donors (Lipinski definition) is 0. The fourth-order valence-corrected chi connectivity index (χ4v) is 4.23. The maximum absolute atomic E-state index is 11.8. The Labute approximate surface area is 136 Å². The van der Waals surface area contributed by atoms with Gasteiger partial charge in [-0.3, -0.25) is 0 Å². The van der Waals surface area contributed by atoms with Crippen molar-refractivity contribution in [1.29, 1.82) is 0 Å². The second-order valence-electron chi connectivity index (χ2n) is 6.66. The van der Waals surface area contributed by atoms with Crippen LogP contribution in [0.5, 0.6) is 0 Å².